The van der Waals surface area contributed by atoms with Gasteiger partial charge in [-0.1, -0.05) is 19.3 Å². The van der Waals surface area contributed by atoms with Crippen LogP contribution in [0.1, 0.15) is 37.8 Å². The molecular formula is C12H15ClF3N3O. The Morgan fingerprint density at radius 2 is 1.90 bits per heavy atom. The van der Waals surface area contributed by atoms with Crippen LogP contribution in [-0.4, -0.2) is 27.2 Å². The third kappa shape index (κ3) is 3.52. The van der Waals surface area contributed by atoms with Gasteiger partial charge in [0.25, 0.3) is 0 Å². The number of hydrogen-bond acceptors (Lipinski definition) is 4. The first-order chi connectivity index (χ1) is 9.35. The smallest absolute Gasteiger partial charge is 0.394 e. The van der Waals surface area contributed by atoms with E-state index in [0.29, 0.717) is 12.8 Å². The van der Waals surface area contributed by atoms with Gasteiger partial charge in [0, 0.05) is 6.07 Å². The second-order valence-electron chi connectivity index (χ2n) is 5.03. The molecule has 2 N–H and O–H groups in total. The van der Waals surface area contributed by atoms with Crippen molar-refractivity contribution in [1.82, 2.24) is 9.97 Å². The molecule has 0 spiro atoms. The molecule has 1 saturated carbocycles. The normalized spacial score (nSPS) is 18.9. The number of rotatable bonds is 3. The molecule has 112 valence electrons. The molecule has 0 radical (unpaired) electrons. The number of halogens is 4. The summed E-state index contributed by atoms with van der Waals surface area (Å²) in [5.74, 6) is -0.00623. The zero-order chi connectivity index (χ0) is 14.8. The third-order valence-electron chi connectivity index (χ3n) is 3.50. The predicted octanol–water partition coefficient (Wildman–Crippen LogP) is 3.26. The third-order valence-corrected chi connectivity index (χ3v) is 3.66. The Morgan fingerprint density at radius 1 is 1.25 bits per heavy atom. The molecule has 0 amide bonds. The minimum atomic E-state index is -4.58. The summed E-state index contributed by atoms with van der Waals surface area (Å²) in [6.07, 6.45) is -0.320. The van der Waals surface area contributed by atoms with Crippen LogP contribution in [0.2, 0.25) is 5.28 Å². The van der Waals surface area contributed by atoms with Gasteiger partial charge >= 0.3 is 6.18 Å². The number of aliphatic hydroxyl groups is 1. The zero-order valence-electron chi connectivity index (χ0n) is 10.7. The number of alkyl halides is 3. The van der Waals surface area contributed by atoms with Crippen molar-refractivity contribution < 1.29 is 18.3 Å². The van der Waals surface area contributed by atoms with Crippen LogP contribution in [0.25, 0.3) is 0 Å². The van der Waals surface area contributed by atoms with Crippen molar-refractivity contribution in [2.45, 2.75) is 43.8 Å². The summed E-state index contributed by atoms with van der Waals surface area (Å²) in [7, 11) is 0. The molecule has 1 fully saturated rings. The molecule has 2 rings (SSSR count). The molecule has 0 saturated heterocycles. The quantitative estimate of drug-likeness (QED) is 0.842. The van der Waals surface area contributed by atoms with Crippen LogP contribution in [0.15, 0.2) is 6.07 Å². The summed E-state index contributed by atoms with van der Waals surface area (Å²) in [6, 6.07) is 0.817. The first-order valence-corrected chi connectivity index (χ1v) is 6.73. The van der Waals surface area contributed by atoms with Crippen LogP contribution in [-0.2, 0) is 6.18 Å². The highest BCUT2D eigenvalue weighted by Gasteiger charge is 2.35. The van der Waals surface area contributed by atoms with E-state index in [1.54, 1.807) is 0 Å². The Bertz CT molecular complexity index is 476. The summed E-state index contributed by atoms with van der Waals surface area (Å²) in [6.45, 7) is -0.157. The van der Waals surface area contributed by atoms with Gasteiger partial charge in [-0.3, -0.25) is 0 Å². The van der Waals surface area contributed by atoms with Gasteiger partial charge in [-0.25, -0.2) is 9.97 Å². The molecule has 8 heteroatoms. The van der Waals surface area contributed by atoms with Gasteiger partial charge in [-0.15, -0.1) is 0 Å². The summed E-state index contributed by atoms with van der Waals surface area (Å²) < 4.78 is 38.0. The highest BCUT2D eigenvalue weighted by Crippen LogP contribution is 2.33. The topological polar surface area (TPSA) is 58.0 Å². The number of nitrogens with one attached hydrogen (secondary N) is 1. The number of aliphatic hydroxyl groups excluding tert-OH is 1. The molecule has 4 nitrogen and oxygen atoms in total. The highest BCUT2D eigenvalue weighted by atomic mass is 35.5. The number of anilines is 1. The van der Waals surface area contributed by atoms with E-state index in [4.69, 9.17) is 11.6 Å². The lowest BCUT2D eigenvalue weighted by Gasteiger charge is -2.37. The van der Waals surface area contributed by atoms with Gasteiger partial charge in [0.2, 0.25) is 5.28 Å². The van der Waals surface area contributed by atoms with Crippen molar-refractivity contribution in [3.05, 3.63) is 17.0 Å². The average Bonchev–Trinajstić information content (AvgIpc) is 2.38. The summed E-state index contributed by atoms with van der Waals surface area (Å²) in [5, 5.41) is 12.0. The van der Waals surface area contributed by atoms with Crippen molar-refractivity contribution in [3.8, 4) is 0 Å². The molecular weight excluding hydrogens is 295 g/mol. The fraction of sp³-hybridized carbons (Fsp3) is 0.667. The Hall–Kier alpha value is -1.08. The molecule has 1 aliphatic carbocycles. The summed E-state index contributed by atoms with van der Waals surface area (Å²) in [4.78, 5) is 6.94. The van der Waals surface area contributed by atoms with Crippen LogP contribution in [0.3, 0.4) is 0 Å². The van der Waals surface area contributed by atoms with Crippen molar-refractivity contribution in [3.63, 3.8) is 0 Å². The Kier molecular flexibility index (Phi) is 4.39. The molecule has 1 aromatic heterocycles. The van der Waals surface area contributed by atoms with Gasteiger partial charge < -0.3 is 10.4 Å². The molecule has 0 atom stereocenters. The zero-order valence-corrected chi connectivity index (χ0v) is 11.4. The Labute approximate surface area is 119 Å². The first-order valence-electron chi connectivity index (χ1n) is 6.35. The van der Waals surface area contributed by atoms with E-state index in [1.807, 2.05) is 0 Å². The van der Waals surface area contributed by atoms with Gasteiger partial charge in [0.15, 0.2) is 5.69 Å². The fourth-order valence-electron chi connectivity index (χ4n) is 2.45. The highest BCUT2D eigenvalue weighted by molar-refractivity contribution is 6.28. The lowest BCUT2D eigenvalue weighted by atomic mass is 9.82. The summed E-state index contributed by atoms with van der Waals surface area (Å²) >= 11 is 5.54. The van der Waals surface area contributed by atoms with E-state index in [2.05, 4.69) is 15.3 Å². The molecule has 0 aromatic carbocycles. The first kappa shape index (κ1) is 15.3. The molecule has 0 unspecified atom stereocenters. The molecule has 1 aromatic rings. The molecule has 0 bridgehead atoms. The van der Waals surface area contributed by atoms with Crippen molar-refractivity contribution in [2.75, 3.05) is 11.9 Å². The lowest BCUT2D eigenvalue weighted by molar-refractivity contribution is -0.141. The van der Waals surface area contributed by atoms with E-state index < -0.39 is 22.7 Å². The van der Waals surface area contributed by atoms with Crippen molar-refractivity contribution in [1.29, 1.82) is 0 Å². The van der Waals surface area contributed by atoms with Gasteiger partial charge in [-0.2, -0.15) is 13.2 Å². The second kappa shape index (κ2) is 5.73. The van der Waals surface area contributed by atoms with Gasteiger partial charge in [0.1, 0.15) is 5.82 Å². The standard InChI is InChI=1S/C12H15ClF3N3O/c13-10-17-8(12(14,15)16)6-9(18-10)19-11(7-20)4-2-1-3-5-11/h6,20H,1-5,7H2,(H,17,18,19). The summed E-state index contributed by atoms with van der Waals surface area (Å²) in [5.41, 5.74) is -1.72. The molecule has 20 heavy (non-hydrogen) atoms. The number of nitrogens with zero attached hydrogens (tertiary/aromatic N) is 2. The maximum absolute atomic E-state index is 12.7. The van der Waals surface area contributed by atoms with Crippen LogP contribution >= 0.6 is 11.6 Å². The number of hydrogen-bond donors (Lipinski definition) is 2. The monoisotopic (exact) mass is 309 g/mol. The minimum absolute atomic E-state index is 0.00623. The van der Waals surface area contributed by atoms with E-state index in [9.17, 15) is 18.3 Å². The lowest BCUT2D eigenvalue weighted by Crippen LogP contribution is -2.44. The average molecular weight is 310 g/mol. The maximum Gasteiger partial charge on any atom is 0.433 e. The van der Waals surface area contributed by atoms with Crippen LogP contribution in [0.4, 0.5) is 19.0 Å². The van der Waals surface area contributed by atoms with Crippen molar-refractivity contribution in [2.24, 2.45) is 0 Å². The van der Waals surface area contributed by atoms with E-state index in [-0.39, 0.29) is 12.4 Å². The number of aromatic nitrogens is 2. The van der Waals surface area contributed by atoms with E-state index in [0.717, 1.165) is 25.3 Å². The Morgan fingerprint density at radius 3 is 2.45 bits per heavy atom. The Balaban J connectivity index is 2.26. The minimum Gasteiger partial charge on any atom is -0.394 e. The van der Waals surface area contributed by atoms with Crippen molar-refractivity contribution >= 4 is 17.4 Å². The SMILES string of the molecule is OCC1(Nc2cc(C(F)(F)F)nc(Cl)n2)CCCCC1. The molecule has 0 aliphatic heterocycles. The van der Waals surface area contributed by atoms with Gasteiger partial charge in [-0.05, 0) is 24.4 Å². The van der Waals surface area contributed by atoms with Crippen LogP contribution in [0, 0.1) is 0 Å². The predicted molar refractivity (Wildman–Crippen MR) is 68.6 cm³/mol. The fourth-order valence-corrected chi connectivity index (χ4v) is 2.63. The largest absolute Gasteiger partial charge is 0.433 e. The molecule has 1 aliphatic rings. The van der Waals surface area contributed by atoms with Gasteiger partial charge in [0.05, 0.1) is 12.1 Å². The van der Waals surface area contributed by atoms with Crippen LogP contribution < -0.4 is 5.32 Å². The van der Waals surface area contributed by atoms with E-state index in [1.165, 1.54) is 0 Å². The van der Waals surface area contributed by atoms with Crippen LogP contribution in [0.5, 0.6) is 0 Å². The van der Waals surface area contributed by atoms with E-state index >= 15 is 0 Å². The molecule has 1 heterocycles. The second-order valence-corrected chi connectivity index (χ2v) is 5.37. The maximum atomic E-state index is 12.7.